The zero-order valence-corrected chi connectivity index (χ0v) is 9.82. The number of rotatable bonds is 4. The molecule has 15 heavy (non-hydrogen) atoms. The summed E-state index contributed by atoms with van der Waals surface area (Å²) >= 11 is 0. The van der Waals surface area contributed by atoms with Crippen molar-refractivity contribution in [1.82, 2.24) is 9.80 Å². The van der Waals surface area contributed by atoms with Gasteiger partial charge in [0.2, 0.25) is 0 Å². The summed E-state index contributed by atoms with van der Waals surface area (Å²) in [6, 6.07) is 2.49. The van der Waals surface area contributed by atoms with Crippen molar-refractivity contribution >= 4 is 0 Å². The smallest absolute Gasteiger partial charge is 0.0976 e. The molecule has 0 amide bonds. The zero-order valence-electron chi connectivity index (χ0n) is 9.82. The molecule has 0 N–H and O–H groups in total. The molecule has 1 aliphatic heterocycles. The first-order valence-corrected chi connectivity index (χ1v) is 5.79. The van der Waals surface area contributed by atoms with Crippen LogP contribution in [-0.2, 0) is 0 Å². The second-order valence-corrected chi connectivity index (χ2v) is 3.96. The average Bonchev–Trinajstić information content (AvgIpc) is 2.29. The fourth-order valence-electron chi connectivity index (χ4n) is 1.94. The van der Waals surface area contributed by atoms with Crippen molar-refractivity contribution < 1.29 is 0 Å². The highest BCUT2D eigenvalue weighted by Crippen LogP contribution is 2.08. The van der Waals surface area contributed by atoms with Crippen LogP contribution in [0.25, 0.3) is 0 Å². The van der Waals surface area contributed by atoms with E-state index in [1.54, 1.807) is 0 Å². The Bertz CT molecular complexity index is 234. The van der Waals surface area contributed by atoms with Crippen molar-refractivity contribution in [2.45, 2.75) is 26.3 Å². The van der Waals surface area contributed by atoms with Gasteiger partial charge in [-0.15, -0.1) is 0 Å². The van der Waals surface area contributed by atoms with E-state index in [1.807, 2.05) is 0 Å². The second kappa shape index (κ2) is 6.60. The topological polar surface area (TPSA) is 30.3 Å². The summed E-state index contributed by atoms with van der Waals surface area (Å²) in [5.41, 5.74) is 0. The standard InChI is InChI=1S/C12H21N3/c1-3-5-6-14-7-9-15(10-8-14)12(4-2)11-13/h3,5,12H,4,6-10H2,1-2H3. The van der Waals surface area contributed by atoms with E-state index in [0.717, 1.165) is 39.1 Å². The first-order chi connectivity index (χ1) is 7.31. The fourth-order valence-corrected chi connectivity index (χ4v) is 1.94. The van der Waals surface area contributed by atoms with Crippen LogP contribution in [0.4, 0.5) is 0 Å². The molecule has 0 bridgehead atoms. The van der Waals surface area contributed by atoms with E-state index in [-0.39, 0.29) is 6.04 Å². The van der Waals surface area contributed by atoms with E-state index in [2.05, 4.69) is 41.9 Å². The highest BCUT2D eigenvalue weighted by Gasteiger charge is 2.21. The van der Waals surface area contributed by atoms with E-state index in [1.165, 1.54) is 0 Å². The molecule has 1 rings (SSSR count). The van der Waals surface area contributed by atoms with Crippen molar-refractivity contribution in [3.63, 3.8) is 0 Å². The molecule has 0 aromatic heterocycles. The number of piperazine rings is 1. The Kier molecular flexibility index (Phi) is 5.38. The summed E-state index contributed by atoms with van der Waals surface area (Å²) in [7, 11) is 0. The zero-order chi connectivity index (χ0) is 11.1. The normalized spacial score (nSPS) is 21.7. The summed E-state index contributed by atoms with van der Waals surface area (Å²) in [6.07, 6.45) is 5.22. The molecule has 1 atom stereocenters. The van der Waals surface area contributed by atoms with Gasteiger partial charge in [0.1, 0.15) is 0 Å². The molecule has 1 aliphatic rings. The molecule has 0 aromatic rings. The largest absolute Gasteiger partial charge is 0.297 e. The van der Waals surface area contributed by atoms with E-state index < -0.39 is 0 Å². The summed E-state index contributed by atoms with van der Waals surface area (Å²) in [5, 5.41) is 8.97. The Morgan fingerprint density at radius 1 is 1.33 bits per heavy atom. The minimum absolute atomic E-state index is 0.119. The van der Waals surface area contributed by atoms with Crippen LogP contribution in [0, 0.1) is 11.3 Å². The number of hydrogen-bond donors (Lipinski definition) is 0. The van der Waals surface area contributed by atoms with Crippen LogP contribution in [0.2, 0.25) is 0 Å². The Balaban J connectivity index is 2.32. The van der Waals surface area contributed by atoms with Crippen LogP contribution in [0.3, 0.4) is 0 Å². The third-order valence-corrected chi connectivity index (χ3v) is 2.98. The lowest BCUT2D eigenvalue weighted by atomic mass is 10.2. The first-order valence-electron chi connectivity index (χ1n) is 5.79. The molecule has 0 spiro atoms. The highest BCUT2D eigenvalue weighted by molar-refractivity contribution is 4.93. The monoisotopic (exact) mass is 207 g/mol. The van der Waals surface area contributed by atoms with E-state index in [0.29, 0.717) is 0 Å². The lowest BCUT2D eigenvalue weighted by Gasteiger charge is -2.36. The number of nitrogens with zero attached hydrogens (tertiary/aromatic N) is 3. The van der Waals surface area contributed by atoms with Crippen LogP contribution in [0.5, 0.6) is 0 Å². The summed E-state index contributed by atoms with van der Waals surface area (Å²) in [6.45, 7) is 9.42. The van der Waals surface area contributed by atoms with Gasteiger partial charge in [0, 0.05) is 32.7 Å². The molecule has 1 saturated heterocycles. The van der Waals surface area contributed by atoms with Crippen LogP contribution in [-0.4, -0.2) is 48.6 Å². The first kappa shape index (κ1) is 12.2. The molecular formula is C12H21N3. The number of hydrogen-bond acceptors (Lipinski definition) is 3. The molecule has 0 radical (unpaired) electrons. The maximum atomic E-state index is 8.97. The van der Waals surface area contributed by atoms with Crippen LogP contribution >= 0.6 is 0 Å². The molecule has 3 heteroatoms. The molecule has 0 saturated carbocycles. The van der Waals surface area contributed by atoms with Gasteiger partial charge in [-0.25, -0.2) is 0 Å². The van der Waals surface area contributed by atoms with Gasteiger partial charge in [-0.05, 0) is 13.3 Å². The quantitative estimate of drug-likeness (QED) is 0.654. The molecule has 1 fully saturated rings. The minimum Gasteiger partial charge on any atom is -0.297 e. The van der Waals surface area contributed by atoms with Crippen LogP contribution in [0.1, 0.15) is 20.3 Å². The second-order valence-electron chi connectivity index (χ2n) is 3.96. The van der Waals surface area contributed by atoms with Gasteiger partial charge in [-0.1, -0.05) is 19.1 Å². The minimum atomic E-state index is 0.119. The Morgan fingerprint density at radius 3 is 2.47 bits per heavy atom. The molecule has 3 nitrogen and oxygen atoms in total. The van der Waals surface area contributed by atoms with Crippen molar-refractivity contribution in [2.24, 2.45) is 0 Å². The maximum absolute atomic E-state index is 8.97. The molecule has 84 valence electrons. The van der Waals surface area contributed by atoms with Gasteiger partial charge in [0.15, 0.2) is 0 Å². The molecular weight excluding hydrogens is 186 g/mol. The summed E-state index contributed by atoms with van der Waals surface area (Å²) < 4.78 is 0. The van der Waals surface area contributed by atoms with Crippen LogP contribution in [0.15, 0.2) is 12.2 Å². The Labute approximate surface area is 93.0 Å². The van der Waals surface area contributed by atoms with E-state index in [9.17, 15) is 0 Å². The van der Waals surface area contributed by atoms with Gasteiger partial charge in [-0.3, -0.25) is 9.80 Å². The lowest BCUT2D eigenvalue weighted by molar-refractivity contribution is 0.121. The van der Waals surface area contributed by atoms with Gasteiger partial charge in [0.25, 0.3) is 0 Å². The lowest BCUT2D eigenvalue weighted by Crippen LogP contribution is -2.49. The number of allylic oxidation sites excluding steroid dienone is 1. The summed E-state index contributed by atoms with van der Waals surface area (Å²) in [4.78, 5) is 4.73. The van der Waals surface area contributed by atoms with Gasteiger partial charge in [0.05, 0.1) is 12.1 Å². The van der Waals surface area contributed by atoms with Crippen molar-refractivity contribution in [3.8, 4) is 6.07 Å². The molecule has 1 unspecified atom stereocenters. The third-order valence-electron chi connectivity index (χ3n) is 2.98. The molecule has 1 heterocycles. The third kappa shape index (κ3) is 3.65. The van der Waals surface area contributed by atoms with Crippen molar-refractivity contribution in [3.05, 3.63) is 12.2 Å². The predicted molar refractivity (Wildman–Crippen MR) is 62.5 cm³/mol. The SMILES string of the molecule is CC=CCN1CCN(C(C#N)CC)CC1. The van der Waals surface area contributed by atoms with Gasteiger partial charge in [-0.2, -0.15) is 5.26 Å². The number of nitriles is 1. The molecule has 0 aromatic carbocycles. The van der Waals surface area contributed by atoms with Crippen molar-refractivity contribution in [1.29, 1.82) is 5.26 Å². The summed E-state index contributed by atoms with van der Waals surface area (Å²) in [5.74, 6) is 0. The van der Waals surface area contributed by atoms with Gasteiger partial charge >= 0.3 is 0 Å². The predicted octanol–water partition coefficient (Wildman–Crippen LogP) is 1.48. The van der Waals surface area contributed by atoms with E-state index >= 15 is 0 Å². The Morgan fingerprint density at radius 2 is 2.00 bits per heavy atom. The van der Waals surface area contributed by atoms with Gasteiger partial charge < -0.3 is 0 Å². The van der Waals surface area contributed by atoms with Crippen LogP contribution < -0.4 is 0 Å². The Hall–Kier alpha value is -0.850. The average molecular weight is 207 g/mol. The van der Waals surface area contributed by atoms with Crippen molar-refractivity contribution in [2.75, 3.05) is 32.7 Å². The molecule has 0 aliphatic carbocycles. The fraction of sp³-hybridized carbons (Fsp3) is 0.750. The van der Waals surface area contributed by atoms with E-state index in [4.69, 9.17) is 5.26 Å². The highest BCUT2D eigenvalue weighted by atomic mass is 15.3. The maximum Gasteiger partial charge on any atom is 0.0976 e.